The highest BCUT2D eigenvalue weighted by Crippen LogP contribution is 2.18. The summed E-state index contributed by atoms with van der Waals surface area (Å²) in [6.07, 6.45) is 0.0240. The Morgan fingerprint density at radius 2 is 2.08 bits per heavy atom. The van der Waals surface area contributed by atoms with E-state index in [9.17, 15) is 14.4 Å². The predicted octanol–water partition coefficient (Wildman–Crippen LogP) is 2.10. The second kappa shape index (κ2) is 8.01. The lowest BCUT2D eigenvalue weighted by Crippen LogP contribution is -2.28. The zero-order chi connectivity index (χ0) is 17.7. The Morgan fingerprint density at radius 3 is 2.79 bits per heavy atom. The number of aryl methyl sites for hydroxylation is 1. The first kappa shape index (κ1) is 18.1. The molecule has 0 bridgehead atoms. The van der Waals surface area contributed by atoms with Gasteiger partial charge in [0.1, 0.15) is 0 Å². The average Bonchev–Trinajstić information content (AvgIpc) is 2.78. The molecule has 24 heavy (non-hydrogen) atoms. The number of nitrogens with one attached hydrogen (secondary N) is 1. The van der Waals surface area contributed by atoms with Crippen molar-refractivity contribution >= 4 is 34.6 Å². The van der Waals surface area contributed by atoms with Crippen LogP contribution in [0.15, 0.2) is 27.4 Å². The fourth-order valence-electron chi connectivity index (χ4n) is 2.18. The second-order valence-electron chi connectivity index (χ2n) is 5.52. The largest absolute Gasteiger partial charge is 0.463 e. The molecule has 0 atom stereocenters. The number of hydrogen-bond acceptors (Lipinski definition) is 5. The quantitative estimate of drug-likeness (QED) is 0.769. The zero-order valence-corrected chi connectivity index (χ0v) is 14.3. The number of fused-ring (bicyclic) bond motifs is 1. The van der Waals surface area contributed by atoms with E-state index < -0.39 is 5.76 Å². The summed E-state index contributed by atoms with van der Waals surface area (Å²) in [4.78, 5) is 35.0. The van der Waals surface area contributed by atoms with Gasteiger partial charge in [-0.1, -0.05) is 11.6 Å². The van der Waals surface area contributed by atoms with Gasteiger partial charge in [-0.05, 0) is 26.0 Å². The van der Waals surface area contributed by atoms with Crippen LogP contribution in [0.4, 0.5) is 0 Å². The summed E-state index contributed by atoms with van der Waals surface area (Å²) in [6, 6.07) is 4.87. The fourth-order valence-corrected chi connectivity index (χ4v) is 2.34. The maximum atomic E-state index is 11.8. The van der Waals surface area contributed by atoms with Gasteiger partial charge in [0, 0.05) is 30.6 Å². The number of nitrogens with zero attached hydrogens (tertiary/aromatic N) is 1. The van der Waals surface area contributed by atoms with Crippen LogP contribution in [0.1, 0.15) is 26.7 Å². The number of oxazole rings is 1. The number of carbonyl (C=O) groups is 2. The van der Waals surface area contributed by atoms with Gasteiger partial charge in [0.05, 0.1) is 18.0 Å². The Bertz CT molecular complexity index is 793. The Labute approximate surface area is 143 Å². The molecule has 1 heterocycles. The fraction of sp³-hybridized carbons (Fsp3) is 0.438. The van der Waals surface area contributed by atoms with Crippen molar-refractivity contribution in [1.29, 1.82) is 0 Å². The van der Waals surface area contributed by atoms with Crippen LogP contribution in [0.5, 0.6) is 0 Å². The normalized spacial score (nSPS) is 11.0. The average molecular weight is 355 g/mol. The molecule has 2 aromatic rings. The van der Waals surface area contributed by atoms with E-state index in [4.69, 9.17) is 20.8 Å². The van der Waals surface area contributed by atoms with Gasteiger partial charge in [-0.3, -0.25) is 14.2 Å². The van der Waals surface area contributed by atoms with Crippen LogP contribution in [0.2, 0.25) is 5.02 Å². The first-order valence-electron chi connectivity index (χ1n) is 7.62. The molecule has 0 radical (unpaired) electrons. The van der Waals surface area contributed by atoms with Gasteiger partial charge in [0.15, 0.2) is 5.58 Å². The zero-order valence-electron chi connectivity index (χ0n) is 13.5. The monoisotopic (exact) mass is 354 g/mol. The summed E-state index contributed by atoms with van der Waals surface area (Å²) in [5, 5.41) is 3.09. The molecule has 0 spiro atoms. The van der Waals surface area contributed by atoms with E-state index in [0.29, 0.717) is 16.1 Å². The second-order valence-corrected chi connectivity index (χ2v) is 5.96. The minimum absolute atomic E-state index is 0.0936. The molecule has 130 valence electrons. The van der Waals surface area contributed by atoms with Crippen molar-refractivity contribution < 1.29 is 18.7 Å². The summed E-state index contributed by atoms with van der Waals surface area (Å²) in [5.41, 5.74) is 0.960. The lowest BCUT2D eigenvalue weighted by atomic mass is 10.3. The van der Waals surface area contributed by atoms with E-state index >= 15 is 0 Å². The number of hydrogen-bond donors (Lipinski definition) is 1. The van der Waals surface area contributed by atoms with E-state index in [1.165, 1.54) is 4.57 Å². The minimum atomic E-state index is -0.541. The highest BCUT2D eigenvalue weighted by Gasteiger charge is 2.12. The molecule has 1 aromatic carbocycles. The molecule has 1 amide bonds. The lowest BCUT2D eigenvalue weighted by Gasteiger charge is -2.08. The standard InChI is InChI=1S/C16H19ClN2O5/c1-10(2)23-15(21)5-7-18-14(20)6-8-19-12-4-3-11(17)9-13(12)24-16(19)22/h3-4,9-10H,5-8H2,1-2H3,(H,18,20). The van der Waals surface area contributed by atoms with Crippen LogP contribution in [0.25, 0.3) is 11.1 Å². The van der Waals surface area contributed by atoms with Crippen LogP contribution in [0, 0.1) is 0 Å². The van der Waals surface area contributed by atoms with Crippen molar-refractivity contribution in [2.45, 2.75) is 39.3 Å². The molecule has 0 aliphatic rings. The van der Waals surface area contributed by atoms with E-state index in [2.05, 4.69) is 5.32 Å². The third-order valence-corrected chi connectivity index (χ3v) is 3.45. The lowest BCUT2D eigenvalue weighted by molar-refractivity contribution is -0.147. The first-order chi connectivity index (χ1) is 11.4. The third-order valence-electron chi connectivity index (χ3n) is 3.21. The van der Waals surface area contributed by atoms with Gasteiger partial charge in [-0.15, -0.1) is 0 Å². The van der Waals surface area contributed by atoms with Crippen molar-refractivity contribution in [3.8, 4) is 0 Å². The Kier molecular flexibility index (Phi) is 6.03. The molecule has 0 fully saturated rings. The molecule has 2 rings (SSSR count). The Hall–Kier alpha value is -2.28. The van der Waals surface area contributed by atoms with Gasteiger partial charge in [0.2, 0.25) is 5.91 Å². The predicted molar refractivity (Wildman–Crippen MR) is 89.0 cm³/mol. The van der Waals surface area contributed by atoms with Crippen LogP contribution >= 0.6 is 11.6 Å². The Balaban J connectivity index is 1.85. The van der Waals surface area contributed by atoms with Gasteiger partial charge in [-0.25, -0.2) is 4.79 Å². The molecule has 8 heteroatoms. The molecular weight excluding hydrogens is 336 g/mol. The molecule has 1 aromatic heterocycles. The maximum Gasteiger partial charge on any atom is 0.419 e. The summed E-state index contributed by atoms with van der Waals surface area (Å²) in [7, 11) is 0. The molecular formula is C16H19ClN2O5. The molecule has 0 saturated carbocycles. The van der Waals surface area contributed by atoms with Crippen molar-refractivity contribution in [3.63, 3.8) is 0 Å². The number of amides is 1. The first-order valence-corrected chi connectivity index (χ1v) is 7.99. The van der Waals surface area contributed by atoms with Crippen LogP contribution in [-0.2, 0) is 20.9 Å². The summed E-state index contributed by atoms with van der Waals surface area (Å²) in [6.45, 7) is 3.89. The number of ether oxygens (including phenoxy) is 1. The smallest absolute Gasteiger partial charge is 0.419 e. The SMILES string of the molecule is CC(C)OC(=O)CCNC(=O)CCn1c(=O)oc2cc(Cl)ccc21. The van der Waals surface area contributed by atoms with Crippen molar-refractivity contribution in [2.24, 2.45) is 0 Å². The topological polar surface area (TPSA) is 90.5 Å². The molecule has 0 saturated heterocycles. The molecule has 0 aliphatic carbocycles. The number of halogens is 1. The van der Waals surface area contributed by atoms with Gasteiger partial charge < -0.3 is 14.5 Å². The van der Waals surface area contributed by atoms with Crippen LogP contribution in [-0.4, -0.2) is 29.1 Å². The van der Waals surface area contributed by atoms with Crippen molar-refractivity contribution in [1.82, 2.24) is 9.88 Å². The summed E-state index contributed by atoms with van der Waals surface area (Å²) in [5.74, 6) is -1.16. The number of esters is 1. The van der Waals surface area contributed by atoms with Crippen LogP contribution in [0.3, 0.4) is 0 Å². The molecule has 0 aliphatic heterocycles. The molecule has 0 unspecified atom stereocenters. The highest BCUT2D eigenvalue weighted by atomic mass is 35.5. The van der Waals surface area contributed by atoms with E-state index in [-0.39, 0.29) is 43.9 Å². The van der Waals surface area contributed by atoms with E-state index in [1.54, 1.807) is 32.0 Å². The number of rotatable bonds is 7. The van der Waals surface area contributed by atoms with E-state index in [1.807, 2.05) is 0 Å². The van der Waals surface area contributed by atoms with E-state index in [0.717, 1.165) is 0 Å². The van der Waals surface area contributed by atoms with Gasteiger partial charge in [0.25, 0.3) is 0 Å². The molecule has 7 nitrogen and oxygen atoms in total. The Morgan fingerprint density at radius 1 is 1.33 bits per heavy atom. The highest BCUT2D eigenvalue weighted by molar-refractivity contribution is 6.31. The maximum absolute atomic E-state index is 11.8. The number of benzene rings is 1. The summed E-state index contributed by atoms with van der Waals surface area (Å²) >= 11 is 5.85. The summed E-state index contributed by atoms with van der Waals surface area (Å²) < 4.78 is 11.4. The number of carbonyl (C=O) groups excluding carboxylic acids is 2. The van der Waals surface area contributed by atoms with Crippen molar-refractivity contribution in [3.05, 3.63) is 33.8 Å². The van der Waals surface area contributed by atoms with Crippen LogP contribution < -0.4 is 11.1 Å². The molecule has 1 N–H and O–H groups in total. The third kappa shape index (κ3) is 4.86. The number of aromatic nitrogens is 1. The van der Waals surface area contributed by atoms with Gasteiger partial charge >= 0.3 is 11.7 Å². The minimum Gasteiger partial charge on any atom is -0.463 e. The van der Waals surface area contributed by atoms with Gasteiger partial charge in [-0.2, -0.15) is 0 Å². The van der Waals surface area contributed by atoms with Crippen molar-refractivity contribution in [2.75, 3.05) is 6.54 Å².